The maximum absolute atomic E-state index is 11.7. The summed E-state index contributed by atoms with van der Waals surface area (Å²) in [6, 6.07) is -1.21. The minimum atomic E-state index is -1.02. The third kappa shape index (κ3) is 3.89. The summed E-state index contributed by atoms with van der Waals surface area (Å²) in [5.74, 6) is -0.695. The molecule has 1 fully saturated rings. The molecule has 17 heavy (non-hydrogen) atoms. The molecule has 3 N–H and O–H groups in total. The molecule has 6 heteroatoms. The van der Waals surface area contributed by atoms with Gasteiger partial charge in [0.15, 0.2) is 0 Å². The van der Waals surface area contributed by atoms with Crippen molar-refractivity contribution in [1.82, 2.24) is 10.2 Å². The standard InChI is InChI=1S/C11H20N2O4/c1-3-9(10(15)16)12-11(17)13(2)6-7-4-8(14)5-7/h7-9,14H,3-6H2,1-2H3,(H,12,17)(H,15,16)/t7?,8?,9-/m1/s1. The number of hydrogen-bond acceptors (Lipinski definition) is 3. The highest BCUT2D eigenvalue weighted by Gasteiger charge is 2.29. The Morgan fingerprint density at radius 2 is 2.06 bits per heavy atom. The molecule has 0 aromatic rings. The van der Waals surface area contributed by atoms with Gasteiger partial charge in [-0.2, -0.15) is 0 Å². The molecule has 98 valence electrons. The Hall–Kier alpha value is -1.30. The molecule has 1 atom stereocenters. The van der Waals surface area contributed by atoms with E-state index < -0.39 is 12.0 Å². The molecule has 2 amide bonds. The average Bonchev–Trinajstić information content (AvgIpc) is 2.22. The molecule has 0 aromatic heterocycles. The third-order valence-corrected chi connectivity index (χ3v) is 3.09. The van der Waals surface area contributed by atoms with E-state index in [1.54, 1.807) is 14.0 Å². The summed E-state index contributed by atoms with van der Waals surface area (Å²) >= 11 is 0. The largest absolute Gasteiger partial charge is 0.480 e. The maximum Gasteiger partial charge on any atom is 0.326 e. The van der Waals surface area contributed by atoms with Gasteiger partial charge in [0.05, 0.1) is 6.10 Å². The predicted octanol–water partition coefficient (Wildman–Crippen LogP) is 0.262. The van der Waals surface area contributed by atoms with Gasteiger partial charge in [0.25, 0.3) is 0 Å². The Kier molecular flexibility index (Phi) is 4.74. The number of aliphatic carboxylic acids is 1. The highest BCUT2D eigenvalue weighted by atomic mass is 16.4. The number of nitrogens with one attached hydrogen (secondary N) is 1. The van der Waals surface area contributed by atoms with E-state index in [2.05, 4.69) is 5.32 Å². The van der Waals surface area contributed by atoms with Crippen molar-refractivity contribution in [2.75, 3.05) is 13.6 Å². The van der Waals surface area contributed by atoms with E-state index in [0.29, 0.717) is 31.7 Å². The minimum absolute atomic E-state index is 0.237. The number of carbonyl (C=O) groups excluding carboxylic acids is 1. The van der Waals surface area contributed by atoms with Crippen LogP contribution in [0.15, 0.2) is 0 Å². The molecule has 0 aliphatic heterocycles. The van der Waals surface area contributed by atoms with Crippen LogP contribution >= 0.6 is 0 Å². The molecule has 0 spiro atoms. The molecule has 0 unspecified atom stereocenters. The number of carbonyl (C=O) groups is 2. The zero-order chi connectivity index (χ0) is 13.0. The molecule has 6 nitrogen and oxygen atoms in total. The van der Waals surface area contributed by atoms with Crippen molar-refractivity contribution in [3.8, 4) is 0 Å². The van der Waals surface area contributed by atoms with Crippen molar-refractivity contribution in [3.05, 3.63) is 0 Å². The van der Waals surface area contributed by atoms with Crippen molar-refractivity contribution >= 4 is 12.0 Å². The van der Waals surface area contributed by atoms with E-state index >= 15 is 0 Å². The normalized spacial score (nSPS) is 24.6. The molecule has 1 aliphatic rings. The third-order valence-electron chi connectivity index (χ3n) is 3.09. The molecule has 1 rings (SSSR count). The summed E-state index contributed by atoms with van der Waals surface area (Å²) in [6.45, 7) is 2.26. The Bertz CT molecular complexity index is 289. The molecule has 0 bridgehead atoms. The van der Waals surface area contributed by atoms with E-state index in [1.807, 2.05) is 0 Å². The van der Waals surface area contributed by atoms with Gasteiger partial charge in [0.1, 0.15) is 6.04 Å². The van der Waals surface area contributed by atoms with Crippen molar-refractivity contribution in [1.29, 1.82) is 0 Å². The van der Waals surface area contributed by atoms with Gasteiger partial charge in [0, 0.05) is 13.6 Å². The molecule has 1 saturated carbocycles. The fourth-order valence-corrected chi connectivity index (χ4v) is 1.92. The van der Waals surface area contributed by atoms with Crippen molar-refractivity contribution in [3.63, 3.8) is 0 Å². The van der Waals surface area contributed by atoms with Gasteiger partial charge >= 0.3 is 12.0 Å². The average molecular weight is 244 g/mol. The molecule has 0 saturated heterocycles. The van der Waals surface area contributed by atoms with Crippen LogP contribution in [0.1, 0.15) is 26.2 Å². The Morgan fingerprint density at radius 1 is 1.47 bits per heavy atom. The second-order valence-corrected chi connectivity index (χ2v) is 4.62. The van der Waals surface area contributed by atoms with E-state index in [0.717, 1.165) is 0 Å². The second kappa shape index (κ2) is 5.86. The number of rotatable bonds is 5. The molecular weight excluding hydrogens is 224 g/mol. The van der Waals surface area contributed by atoms with Gasteiger partial charge in [0.2, 0.25) is 0 Å². The number of carboxylic acids is 1. The fourth-order valence-electron chi connectivity index (χ4n) is 1.92. The lowest BCUT2D eigenvalue weighted by Crippen LogP contribution is -2.48. The Balaban J connectivity index is 2.33. The highest BCUT2D eigenvalue weighted by molar-refractivity contribution is 5.82. The number of nitrogens with zero attached hydrogens (tertiary/aromatic N) is 1. The Labute approximate surface area is 101 Å². The van der Waals surface area contributed by atoms with Crippen LogP contribution in [0.2, 0.25) is 0 Å². The van der Waals surface area contributed by atoms with Crippen LogP contribution in [-0.4, -0.2) is 52.9 Å². The number of carboxylic acid groups (broad SMARTS) is 1. The first-order valence-electron chi connectivity index (χ1n) is 5.86. The number of urea groups is 1. The SMILES string of the molecule is CC[C@@H](NC(=O)N(C)CC1CC(O)C1)C(=O)O. The predicted molar refractivity (Wildman–Crippen MR) is 61.6 cm³/mol. The first-order valence-corrected chi connectivity index (χ1v) is 5.86. The van der Waals surface area contributed by atoms with Crippen LogP contribution in [-0.2, 0) is 4.79 Å². The molecule has 0 heterocycles. The smallest absolute Gasteiger partial charge is 0.326 e. The van der Waals surface area contributed by atoms with E-state index in [4.69, 9.17) is 10.2 Å². The zero-order valence-electron chi connectivity index (χ0n) is 10.2. The lowest BCUT2D eigenvalue weighted by atomic mass is 9.82. The van der Waals surface area contributed by atoms with Gasteiger partial charge in [-0.25, -0.2) is 9.59 Å². The first-order chi connectivity index (χ1) is 7.93. The number of amides is 2. The summed E-state index contributed by atoms with van der Waals surface area (Å²) in [7, 11) is 1.63. The molecule has 0 aromatic carbocycles. The zero-order valence-corrected chi connectivity index (χ0v) is 10.2. The summed E-state index contributed by atoms with van der Waals surface area (Å²) in [4.78, 5) is 23.9. The molecular formula is C11H20N2O4. The van der Waals surface area contributed by atoms with Crippen LogP contribution in [0.3, 0.4) is 0 Å². The van der Waals surface area contributed by atoms with E-state index in [-0.39, 0.29) is 12.1 Å². The lowest BCUT2D eigenvalue weighted by Gasteiger charge is -2.34. The number of hydrogen-bond donors (Lipinski definition) is 3. The van der Waals surface area contributed by atoms with Crippen LogP contribution < -0.4 is 5.32 Å². The highest BCUT2D eigenvalue weighted by Crippen LogP contribution is 2.27. The van der Waals surface area contributed by atoms with Crippen LogP contribution in [0, 0.1) is 5.92 Å². The van der Waals surface area contributed by atoms with Gasteiger partial charge < -0.3 is 20.4 Å². The van der Waals surface area contributed by atoms with Crippen molar-refractivity contribution < 1.29 is 19.8 Å². The second-order valence-electron chi connectivity index (χ2n) is 4.62. The number of aliphatic hydroxyl groups excluding tert-OH is 1. The van der Waals surface area contributed by atoms with Gasteiger partial charge in [-0.3, -0.25) is 0 Å². The van der Waals surface area contributed by atoms with Crippen LogP contribution in [0.5, 0.6) is 0 Å². The summed E-state index contributed by atoms with van der Waals surface area (Å²) in [6.07, 6.45) is 1.55. The van der Waals surface area contributed by atoms with E-state index in [1.165, 1.54) is 4.90 Å². The van der Waals surface area contributed by atoms with Crippen LogP contribution in [0.25, 0.3) is 0 Å². The topological polar surface area (TPSA) is 89.9 Å². The van der Waals surface area contributed by atoms with Gasteiger partial charge in [-0.1, -0.05) is 6.92 Å². The summed E-state index contributed by atoms with van der Waals surface area (Å²) in [5.41, 5.74) is 0. The lowest BCUT2D eigenvalue weighted by molar-refractivity contribution is -0.139. The monoisotopic (exact) mass is 244 g/mol. The minimum Gasteiger partial charge on any atom is -0.480 e. The number of aliphatic hydroxyl groups is 1. The van der Waals surface area contributed by atoms with Crippen molar-refractivity contribution in [2.24, 2.45) is 5.92 Å². The summed E-state index contributed by atoms with van der Waals surface area (Å²) < 4.78 is 0. The first kappa shape index (κ1) is 13.8. The van der Waals surface area contributed by atoms with E-state index in [9.17, 15) is 9.59 Å². The van der Waals surface area contributed by atoms with Gasteiger partial charge in [-0.15, -0.1) is 0 Å². The van der Waals surface area contributed by atoms with Gasteiger partial charge in [-0.05, 0) is 25.2 Å². The quantitative estimate of drug-likeness (QED) is 0.647. The fraction of sp³-hybridized carbons (Fsp3) is 0.818. The maximum atomic E-state index is 11.7. The Morgan fingerprint density at radius 3 is 2.47 bits per heavy atom. The van der Waals surface area contributed by atoms with Crippen LogP contribution in [0.4, 0.5) is 4.79 Å². The molecule has 1 aliphatic carbocycles. The molecule has 0 radical (unpaired) electrons. The summed E-state index contributed by atoms with van der Waals surface area (Å²) in [5, 5.41) is 20.4. The van der Waals surface area contributed by atoms with Crippen molar-refractivity contribution in [2.45, 2.75) is 38.3 Å².